The van der Waals surface area contributed by atoms with E-state index in [1.54, 1.807) is 0 Å². The Morgan fingerprint density at radius 3 is 3.04 bits per heavy atom. The lowest BCUT2D eigenvalue weighted by Crippen LogP contribution is -2.33. The number of hydrogen-bond acceptors (Lipinski definition) is 6. The maximum Gasteiger partial charge on any atom is 0.309 e. The van der Waals surface area contributed by atoms with E-state index in [0.29, 0.717) is 13.0 Å². The van der Waals surface area contributed by atoms with Crippen LogP contribution in [-0.4, -0.2) is 34.1 Å². The molecule has 1 aromatic rings. The highest BCUT2D eigenvalue weighted by molar-refractivity contribution is 8.77. The van der Waals surface area contributed by atoms with Gasteiger partial charge in [-0.3, -0.25) is 9.59 Å². The minimum atomic E-state index is -0.132. The SMILES string of the molecule is CCC1C(=O)OCC1Cc1c[n+](COC(=O)CCCCC2CCSS2)cn1C. The molecule has 2 saturated heterocycles. The fourth-order valence-electron chi connectivity index (χ4n) is 3.88. The van der Waals surface area contributed by atoms with Crippen molar-refractivity contribution in [2.45, 2.75) is 63.9 Å². The monoisotopic (exact) mass is 427 g/mol. The van der Waals surface area contributed by atoms with Gasteiger partial charge in [-0.25, -0.2) is 9.13 Å². The average Bonchev–Trinajstić information content (AvgIpc) is 3.39. The summed E-state index contributed by atoms with van der Waals surface area (Å²) in [7, 11) is 5.93. The van der Waals surface area contributed by atoms with Gasteiger partial charge < -0.3 is 9.47 Å². The van der Waals surface area contributed by atoms with Gasteiger partial charge in [0.2, 0.25) is 13.1 Å². The summed E-state index contributed by atoms with van der Waals surface area (Å²) in [6.45, 7) is 2.76. The van der Waals surface area contributed by atoms with Crippen LogP contribution in [0.3, 0.4) is 0 Å². The number of unbranched alkanes of at least 4 members (excludes halogenated alkanes) is 1. The first-order valence-corrected chi connectivity index (χ1v) is 12.6. The van der Waals surface area contributed by atoms with Gasteiger partial charge in [-0.05, 0) is 25.7 Å². The van der Waals surface area contributed by atoms with Crippen molar-refractivity contribution in [1.82, 2.24) is 4.57 Å². The lowest BCUT2D eigenvalue weighted by molar-refractivity contribution is -0.727. The maximum absolute atomic E-state index is 12.0. The van der Waals surface area contributed by atoms with E-state index >= 15 is 0 Å². The van der Waals surface area contributed by atoms with Gasteiger partial charge in [0, 0.05) is 29.8 Å². The fraction of sp³-hybridized carbons (Fsp3) is 0.750. The number of hydrogen-bond donors (Lipinski definition) is 0. The Morgan fingerprint density at radius 2 is 2.29 bits per heavy atom. The van der Waals surface area contributed by atoms with Crippen molar-refractivity contribution in [2.24, 2.45) is 18.9 Å². The van der Waals surface area contributed by atoms with Crippen molar-refractivity contribution in [3.8, 4) is 0 Å². The molecule has 0 aromatic carbocycles. The second-order valence-corrected chi connectivity index (χ2v) is 10.5. The highest BCUT2D eigenvalue weighted by Crippen LogP contribution is 2.39. The Hall–Kier alpha value is -1.15. The number of nitrogens with zero attached hydrogens (tertiary/aromatic N) is 2. The Balaban J connectivity index is 1.38. The van der Waals surface area contributed by atoms with Gasteiger partial charge in [-0.2, -0.15) is 0 Å². The van der Waals surface area contributed by atoms with E-state index in [2.05, 4.69) is 0 Å². The predicted molar refractivity (Wildman–Crippen MR) is 111 cm³/mol. The molecule has 0 radical (unpaired) electrons. The number of aryl methyl sites for hydroxylation is 1. The molecule has 1 aromatic heterocycles. The molecule has 2 aliphatic heterocycles. The largest absolute Gasteiger partial charge is 0.465 e. The summed E-state index contributed by atoms with van der Waals surface area (Å²) in [6, 6.07) is 0. The molecule has 3 heterocycles. The molecule has 0 aliphatic carbocycles. The zero-order chi connectivity index (χ0) is 19.9. The Morgan fingerprint density at radius 1 is 1.43 bits per heavy atom. The third-order valence-electron chi connectivity index (χ3n) is 5.57. The molecule has 6 nitrogen and oxygen atoms in total. The van der Waals surface area contributed by atoms with Gasteiger partial charge in [0.1, 0.15) is 11.9 Å². The Labute approximate surface area is 175 Å². The summed E-state index contributed by atoms with van der Waals surface area (Å²) in [5, 5.41) is 0.771. The van der Waals surface area contributed by atoms with Gasteiger partial charge in [-0.15, -0.1) is 0 Å². The molecule has 2 fully saturated rings. The number of ether oxygens (including phenoxy) is 2. The quantitative estimate of drug-likeness (QED) is 0.247. The van der Waals surface area contributed by atoms with Crippen LogP contribution < -0.4 is 4.57 Å². The lowest BCUT2D eigenvalue weighted by atomic mass is 9.89. The minimum absolute atomic E-state index is 0.0117. The van der Waals surface area contributed by atoms with Crippen LogP contribution >= 0.6 is 21.6 Å². The summed E-state index contributed by atoms with van der Waals surface area (Å²) >= 11 is 0. The average molecular weight is 428 g/mol. The highest BCUT2D eigenvalue weighted by Gasteiger charge is 2.36. The number of carbonyl (C=O) groups excluding carboxylic acids is 2. The van der Waals surface area contributed by atoms with E-state index in [-0.39, 0.29) is 30.5 Å². The maximum atomic E-state index is 12.0. The number of aromatic nitrogens is 2. The number of esters is 2. The van der Waals surface area contributed by atoms with E-state index in [9.17, 15) is 9.59 Å². The van der Waals surface area contributed by atoms with Crippen LogP contribution in [0.4, 0.5) is 0 Å². The van der Waals surface area contributed by atoms with E-state index in [4.69, 9.17) is 9.47 Å². The molecular formula is C20H31N2O4S2+. The number of carbonyl (C=O) groups is 2. The molecule has 2 aliphatic rings. The molecule has 156 valence electrons. The van der Waals surface area contributed by atoms with Gasteiger partial charge in [-0.1, -0.05) is 34.9 Å². The summed E-state index contributed by atoms with van der Waals surface area (Å²) in [4.78, 5) is 23.8. The highest BCUT2D eigenvalue weighted by atomic mass is 33.1. The summed E-state index contributed by atoms with van der Waals surface area (Å²) < 4.78 is 14.6. The first-order valence-electron chi connectivity index (χ1n) is 10.2. The smallest absolute Gasteiger partial charge is 0.309 e. The van der Waals surface area contributed by atoms with Crippen LogP contribution in [0.25, 0.3) is 0 Å². The van der Waals surface area contributed by atoms with Crippen LogP contribution in [0.15, 0.2) is 12.5 Å². The van der Waals surface area contributed by atoms with E-state index in [0.717, 1.165) is 36.6 Å². The van der Waals surface area contributed by atoms with E-state index in [1.165, 1.54) is 18.6 Å². The van der Waals surface area contributed by atoms with Crippen LogP contribution in [-0.2, 0) is 39.3 Å². The predicted octanol–water partition coefficient (Wildman–Crippen LogP) is 3.27. The van der Waals surface area contributed by atoms with Crippen LogP contribution in [0, 0.1) is 11.8 Å². The summed E-state index contributed by atoms with van der Waals surface area (Å²) in [6.07, 6.45) is 10.5. The van der Waals surface area contributed by atoms with Crippen molar-refractivity contribution in [3.05, 3.63) is 18.2 Å². The number of rotatable bonds is 10. The van der Waals surface area contributed by atoms with Crippen LogP contribution in [0.1, 0.15) is 51.1 Å². The van der Waals surface area contributed by atoms with Gasteiger partial charge in [0.15, 0.2) is 0 Å². The molecule has 0 bridgehead atoms. The van der Waals surface area contributed by atoms with Crippen molar-refractivity contribution in [2.75, 3.05) is 12.4 Å². The molecule has 0 amide bonds. The van der Waals surface area contributed by atoms with E-state index in [1.807, 2.05) is 57.2 Å². The van der Waals surface area contributed by atoms with E-state index < -0.39 is 0 Å². The Bertz CT molecular complexity index is 673. The van der Waals surface area contributed by atoms with Crippen molar-refractivity contribution >= 4 is 33.5 Å². The molecule has 3 atom stereocenters. The van der Waals surface area contributed by atoms with Crippen molar-refractivity contribution in [3.63, 3.8) is 0 Å². The molecule has 8 heteroatoms. The van der Waals surface area contributed by atoms with Gasteiger partial charge in [0.25, 0.3) is 0 Å². The first kappa shape index (κ1) is 21.6. The van der Waals surface area contributed by atoms with Gasteiger partial charge in [0.05, 0.1) is 19.6 Å². The molecule has 28 heavy (non-hydrogen) atoms. The summed E-state index contributed by atoms with van der Waals surface area (Å²) in [5.74, 6) is 1.26. The molecule has 3 rings (SSSR count). The van der Waals surface area contributed by atoms with Crippen molar-refractivity contribution < 1.29 is 23.6 Å². The zero-order valence-corrected chi connectivity index (χ0v) is 18.4. The molecule has 0 spiro atoms. The summed E-state index contributed by atoms with van der Waals surface area (Å²) in [5.41, 5.74) is 1.12. The molecule has 3 unspecified atom stereocenters. The number of imidazole rings is 1. The third kappa shape index (κ3) is 5.92. The molecule has 0 saturated carbocycles. The Kier molecular flexibility index (Phi) is 8.14. The fourth-order valence-corrected chi connectivity index (χ4v) is 6.91. The third-order valence-corrected chi connectivity index (χ3v) is 8.58. The lowest BCUT2D eigenvalue weighted by Gasteiger charge is -2.10. The molecule has 0 N–H and O–H groups in total. The van der Waals surface area contributed by atoms with Crippen molar-refractivity contribution in [1.29, 1.82) is 0 Å². The van der Waals surface area contributed by atoms with Crippen LogP contribution in [0.2, 0.25) is 0 Å². The zero-order valence-electron chi connectivity index (χ0n) is 16.8. The topological polar surface area (TPSA) is 61.4 Å². The van der Waals surface area contributed by atoms with Gasteiger partial charge >= 0.3 is 11.9 Å². The normalized spacial score (nSPS) is 24.5. The minimum Gasteiger partial charge on any atom is -0.465 e. The van der Waals surface area contributed by atoms with Crippen LogP contribution in [0.5, 0.6) is 0 Å². The second kappa shape index (κ2) is 10.6. The number of cyclic esters (lactones) is 1. The molecular weight excluding hydrogens is 396 g/mol. The first-order chi connectivity index (χ1) is 13.6. The standard InChI is InChI=1S/C20H31N2O4S2/c1-3-18-15(12-25-20(18)24)10-16-11-22(13-21(16)2)14-26-19(23)7-5-4-6-17-8-9-27-28-17/h11,13,15,17-18H,3-10,12,14H2,1-2H3/q+1. The second-order valence-electron chi connectivity index (χ2n) is 7.69.